The predicted molar refractivity (Wildman–Crippen MR) is 76.8 cm³/mol. The summed E-state index contributed by atoms with van der Waals surface area (Å²) in [5.41, 5.74) is -0.897. The highest BCUT2D eigenvalue weighted by atomic mass is 32.2. The molecule has 2 rings (SSSR count). The molecule has 1 aromatic rings. The van der Waals surface area contributed by atoms with Gasteiger partial charge < -0.3 is 10.2 Å². The zero-order chi connectivity index (χ0) is 16.5. The highest BCUT2D eigenvalue weighted by Gasteiger charge is 2.50. The van der Waals surface area contributed by atoms with E-state index in [1.165, 1.54) is 12.1 Å². The van der Waals surface area contributed by atoms with E-state index in [0.29, 0.717) is 0 Å². The van der Waals surface area contributed by atoms with Gasteiger partial charge in [0.05, 0.1) is 10.8 Å². The van der Waals surface area contributed by atoms with Crippen molar-refractivity contribution in [2.45, 2.75) is 36.6 Å². The molecule has 0 spiro atoms. The molecule has 0 bridgehead atoms. The Kier molecular flexibility index (Phi) is 4.25. The molecule has 120 valence electrons. The van der Waals surface area contributed by atoms with E-state index in [-0.39, 0.29) is 24.2 Å². The summed E-state index contributed by atoms with van der Waals surface area (Å²) in [6, 6.07) is 5.99. The molecule has 3 N–H and O–H groups in total. The number of carbonyl (C=O) groups is 2. The van der Waals surface area contributed by atoms with Crippen LogP contribution >= 0.6 is 0 Å². The molecule has 1 saturated carbocycles. The molecule has 1 aliphatic rings. The van der Waals surface area contributed by atoms with Crippen LogP contribution in [0.2, 0.25) is 0 Å². The van der Waals surface area contributed by atoms with E-state index in [1.54, 1.807) is 19.1 Å². The Morgan fingerprint density at radius 2 is 1.82 bits per heavy atom. The summed E-state index contributed by atoms with van der Waals surface area (Å²) in [6.07, 6.45) is -0.189. The zero-order valence-corrected chi connectivity index (χ0v) is 12.8. The van der Waals surface area contributed by atoms with Gasteiger partial charge in [0.15, 0.2) is 0 Å². The number of aliphatic carboxylic acids is 2. The minimum absolute atomic E-state index is 0.0440. The van der Waals surface area contributed by atoms with E-state index in [0.717, 1.165) is 5.56 Å². The van der Waals surface area contributed by atoms with Crippen LogP contribution in [0.25, 0.3) is 0 Å². The number of sulfonamides is 1. The van der Waals surface area contributed by atoms with E-state index >= 15 is 0 Å². The third kappa shape index (κ3) is 3.12. The minimum Gasteiger partial charge on any atom is -0.481 e. The van der Waals surface area contributed by atoms with Crippen molar-refractivity contribution in [3.05, 3.63) is 29.8 Å². The fourth-order valence-electron chi connectivity index (χ4n) is 2.62. The molecule has 8 heteroatoms. The van der Waals surface area contributed by atoms with Crippen LogP contribution in [0.1, 0.15) is 24.8 Å². The third-order valence-electron chi connectivity index (χ3n) is 3.93. The molecular weight excluding hydrogens is 310 g/mol. The van der Waals surface area contributed by atoms with Crippen molar-refractivity contribution >= 4 is 22.0 Å². The van der Waals surface area contributed by atoms with Crippen molar-refractivity contribution in [2.24, 2.45) is 5.92 Å². The summed E-state index contributed by atoms with van der Waals surface area (Å²) in [6.45, 7) is 1.80. The number of carboxylic acids is 2. The van der Waals surface area contributed by atoms with Crippen molar-refractivity contribution in [1.82, 2.24) is 4.72 Å². The van der Waals surface area contributed by atoms with Crippen LogP contribution in [0, 0.1) is 12.8 Å². The lowest BCUT2D eigenvalue weighted by atomic mass is 9.98. The largest absolute Gasteiger partial charge is 0.481 e. The minimum atomic E-state index is -4.04. The van der Waals surface area contributed by atoms with Crippen molar-refractivity contribution in [2.75, 3.05) is 0 Å². The van der Waals surface area contributed by atoms with Crippen molar-refractivity contribution in [3.8, 4) is 0 Å². The second-order valence-electron chi connectivity index (χ2n) is 5.58. The number of hydrogen-bond acceptors (Lipinski definition) is 4. The Labute approximate surface area is 128 Å². The SMILES string of the molecule is Cc1ccc(S(=O)(=O)N[C@@]2(C(=O)O)CC[C@@H](C(=O)O)C2)cc1. The van der Waals surface area contributed by atoms with Crippen LogP contribution < -0.4 is 4.72 Å². The van der Waals surface area contributed by atoms with Gasteiger partial charge in [0.2, 0.25) is 10.0 Å². The fraction of sp³-hybridized carbons (Fsp3) is 0.429. The monoisotopic (exact) mass is 327 g/mol. The normalized spacial score (nSPS) is 25.0. The molecule has 0 unspecified atom stereocenters. The van der Waals surface area contributed by atoms with Crippen LogP contribution in [-0.2, 0) is 19.6 Å². The number of nitrogens with one attached hydrogen (secondary N) is 1. The van der Waals surface area contributed by atoms with E-state index in [2.05, 4.69) is 4.72 Å². The van der Waals surface area contributed by atoms with Crippen molar-refractivity contribution in [3.63, 3.8) is 0 Å². The van der Waals surface area contributed by atoms with E-state index in [1.807, 2.05) is 0 Å². The number of carboxylic acid groups (broad SMARTS) is 2. The van der Waals surface area contributed by atoms with Gasteiger partial charge in [-0.05, 0) is 38.3 Å². The third-order valence-corrected chi connectivity index (χ3v) is 5.49. The van der Waals surface area contributed by atoms with E-state index in [9.17, 15) is 23.1 Å². The van der Waals surface area contributed by atoms with E-state index < -0.39 is 33.4 Å². The van der Waals surface area contributed by atoms with Gasteiger partial charge in [-0.15, -0.1) is 0 Å². The topological polar surface area (TPSA) is 121 Å². The van der Waals surface area contributed by atoms with Gasteiger partial charge in [-0.3, -0.25) is 9.59 Å². The molecule has 2 atom stereocenters. The average Bonchev–Trinajstić information content (AvgIpc) is 2.84. The first-order valence-corrected chi connectivity index (χ1v) is 8.21. The number of aryl methyl sites for hydroxylation is 1. The molecule has 22 heavy (non-hydrogen) atoms. The van der Waals surface area contributed by atoms with Gasteiger partial charge in [-0.25, -0.2) is 8.42 Å². The van der Waals surface area contributed by atoms with E-state index in [4.69, 9.17) is 5.11 Å². The molecule has 0 amide bonds. The lowest BCUT2D eigenvalue weighted by Crippen LogP contribution is -2.52. The molecule has 0 aromatic heterocycles. The molecule has 0 aliphatic heterocycles. The van der Waals surface area contributed by atoms with Gasteiger partial charge in [0, 0.05) is 0 Å². The predicted octanol–water partition coefficient (Wildman–Crippen LogP) is 0.981. The Morgan fingerprint density at radius 3 is 2.27 bits per heavy atom. The standard InChI is InChI=1S/C14H17NO6S/c1-9-2-4-11(5-3-9)22(20,21)15-14(13(18)19)7-6-10(8-14)12(16)17/h2-5,10,15H,6-8H2,1H3,(H,16,17)(H,18,19)/t10-,14+/m1/s1. The highest BCUT2D eigenvalue weighted by Crippen LogP contribution is 2.36. The number of hydrogen-bond donors (Lipinski definition) is 3. The van der Waals surface area contributed by atoms with Crippen LogP contribution in [0.4, 0.5) is 0 Å². The Bertz CT molecular complexity index is 697. The van der Waals surface area contributed by atoms with Crippen LogP contribution in [-0.4, -0.2) is 36.1 Å². The van der Waals surface area contributed by atoms with Crippen LogP contribution in [0.5, 0.6) is 0 Å². The number of rotatable bonds is 5. The molecule has 1 aromatic carbocycles. The molecule has 7 nitrogen and oxygen atoms in total. The smallest absolute Gasteiger partial charge is 0.324 e. The molecule has 1 aliphatic carbocycles. The molecule has 0 saturated heterocycles. The molecular formula is C14H17NO6S. The van der Waals surface area contributed by atoms with Crippen LogP contribution in [0.15, 0.2) is 29.2 Å². The quantitative estimate of drug-likeness (QED) is 0.741. The summed E-state index contributed by atoms with van der Waals surface area (Å²) in [5.74, 6) is -3.33. The van der Waals surface area contributed by atoms with Gasteiger partial charge in [-0.1, -0.05) is 17.7 Å². The number of benzene rings is 1. The summed E-state index contributed by atoms with van der Waals surface area (Å²) >= 11 is 0. The van der Waals surface area contributed by atoms with Crippen LogP contribution in [0.3, 0.4) is 0 Å². The van der Waals surface area contributed by atoms with Gasteiger partial charge >= 0.3 is 11.9 Å². The molecule has 0 radical (unpaired) electrons. The summed E-state index contributed by atoms with van der Waals surface area (Å²) in [4.78, 5) is 22.5. The van der Waals surface area contributed by atoms with Crippen molar-refractivity contribution in [1.29, 1.82) is 0 Å². The Balaban J connectivity index is 2.31. The Hall–Kier alpha value is -1.93. The van der Waals surface area contributed by atoms with Crippen molar-refractivity contribution < 1.29 is 28.2 Å². The lowest BCUT2D eigenvalue weighted by Gasteiger charge is -2.25. The maximum absolute atomic E-state index is 12.4. The maximum atomic E-state index is 12.4. The maximum Gasteiger partial charge on any atom is 0.324 e. The zero-order valence-electron chi connectivity index (χ0n) is 11.9. The van der Waals surface area contributed by atoms with Gasteiger partial charge in [0.25, 0.3) is 0 Å². The fourth-order valence-corrected chi connectivity index (χ4v) is 4.02. The second kappa shape index (κ2) is 5.69. The van der Waals surface area contributed by atoms with Gasteiger partial charge in [0.1, 0.15) is 5.54 Å². The first kappa shape index (κ1) is 16.4. The molecule has 1 fully saturated rings. The Morgan fingerprint density at radius 1 is 1.23 bits per heavy atom. The first-order chi connectivity index (χ1) is 10.2. The van der Waals surface area contributed by atoms with Gasteiger partial charge in [-0.2, -0.15) is 4.72 Å². The highest BCUT2D eigenvalue weighted by molar-refractivity contribution is 7.89. The lowest BCUT2D eigenvalue weighted by molar-refractivity contribution is -0.144. The first-order valence-electron chi connectivity index (χ1n) is 6.73. The average molecular weight is 327 g/mol. The molecule has 0 heterocycles. The summed E-state index contributed by atoms with van der Waals surface area (Å²) in [7, 11) is -4.04. The summed E-state index contributed by atoms with van der Waals surface area (Å²) in [5, 5.41) is 18.4. The summed E-state index contributed by atoms with van der Waals surface area (Å²) < 4.78 is 26.9. The second-order valence-corrected chi connectivity index (χ2v) is 7.27.